The molecule has 4 rings (SSSR count). The number of amides is 1. The Morgan fingerprint density at radius 1 is 1.40 bits per heavy atom. The summed E-state index contributed by atoms with van der Waals surface area (Å²) in [5.74, 6) is -0.572. The third-order valence-electron chi connectivity index (χ3n) is 4.85. The number of carbonyl (C=O) groups excluding carboxylic acids is 1. The van der Waals surface area contributed by atoms with Crippen LogP contribution in [-0.2, 0) is 11.3 Å². The topological polar surface area (TPSA) is 85.2 Å². The number of hydrogen-bond acceptors (Lipinski definition) is 7. The number of nitrogens with zero attached hydrogens (tertiary/aromatic N) is 5. The van der Waals surface area contributed by atoms with Gasteiger partial charge in [0.25, 0.3) is 0 Å². The van der Waals surface area contributed by atoms with E-state index in [0.29, 0.717) is 40.5 Å². The fraction of sp³-hybridized carbons (Fsp3) is 0.444. The molecule has 3 aromatic heterocycles. The highest BCUT2D eigenvalue weighted by molar-refractivity contribution is 7.15. The molecule has 8 nitrogen and oxygen atoms in total. The third-order valence-corrected chi connectivity index (χ3v) is 5.78. The van der Waals surface area contributed by atoms with Crippen LogP contribution in [0.5, 0.6) is 5.88 Å². The first kappa shape index (κ1) is 20.5. The van der Waals surface area contributed by atoms with Crippen LogP contribution in [0.15, 0.2) is 18.3 Å². The van der Waals surface area contributed by atoms with Crippen LogP contribution in [0.25, 0.3) is 11.0 Å². The number of carbonyl (C=O) groups is 1. The minimum Gasteiger partial charge on any atom is -0.473 e. The van der Waals surface area contributed by atoms with Crippen LogP contribution in [0.1, 0.15) is 31.7 Å². The van der Waals surface area contributed by atoms with Gasteiger partial charge < -0.3 is 10.1 Å². The van der Waals surface area contributed by atoms with Gasteiger partial charge in [-0.25, -0.2) is 9.67 Å². The number of alkyl halides is 2. The second-order valence-corrected chi connectivity index (χ2v) is 8.17. The first-order chi connectivity index (χ1) is 14.3. The van der Waals surface area contributed by atoms with Gasteiger partial charge in [0.2, 0.25) is 17.7 Å². The van der Waals surface area contributed by atoms with E-state index in [-0.39, 0.29) is 28.7 Å². The van der Waals surface area contributed by atoms with Crippen molar-refractivity contribution in [3.05, 3.63) is 29.2 Å². The summed E-state index contributed by atoms with van der Waals surface area (Å²) in [4.78, 5) is 21.6. The maximum atomic E-state index is 14.1. The summed E-state index contributed by atoms with van der Waals surface area (Å²) in [7, 11) is 0. The molecule has 4 heterocycles. The lowest BCUT2D eigenvalue weighted by Crippen LogP contribution is -2.28. The van der Waals surface area contributed by atoms with E-state index >= 15 is 0 Å². The Hall–Kier alpha value is -2.73. The number of fused-ring (bicyclic) bond motifs is 1. The monoisotopic (exact) mass is 440 g/mol. The largest absolute Gasteiger partial charge is 0.473 e. The van der Waals surface area contributed by atoms with Crippen LogP contribution >= 0.6 is 11.3 Å². The van der Waals surface area contributed by atoms with Gasteiger partial charge in [-0.1, -0.05) is 11.3 Å². The Morgan fingerprint density at radius 3 is 2.93 bits per heavy atom. The molecular weight excluding hydrogens is 421 g/mol. The minimum absolute atomic E-state index is 0.131. The Labute approximate surface area is 173 Å². The SMILES string of the molecule is CC(=O)Nc1nc(F)c(CN2C[C@H](Oc3ccc4c(cnn4C(F)F)n3)C[C@@H]2C)s1. The Bertz CT molecular complexity index is 1070. The zero-order chi connectivity index (χ0) is 21.4. The molecule has 1 saturated heterocycles. The van der Waals surface area contributed by atoms with Crippen molar-refractivity contribution in [3.8, 4) is 5.88 Å². The second kappa shape index (κ2) is 8.19. The lowest BCUT2D eigenvalue weighted by molar-refractivity contribution is -0.114. The summed E-state index contributed by atoms with van der Waals surface area (Å²) in [6, 6.07) is 3.17. The Morgan fingerprint density at radius 2 is 2.20 bits per heavy atom. The summed E-state index contributed by atoms with van der Waals surface area (Å²) >= 11 is 1.10. The maximum Gasteiger partial charge on any atom is 0.333 e. The van der Waals surface area contributed by atoms with E-state index in [1.54, 1.807) is 6.07 Å². The third kappa shape index (κ3) is 4.24. The van der Waals surface area contributed by atoms with Gasteiger partial charge in [-0.2, -0.15) is 23.3 Å². The molecule has 0 unspecified atom stereocenters. The molecule has 0 aliphatic carbocycles. The van der Waals surface area contributed by atoms with E-state index in [9.17, 15) is 18.0 Å². The number of nitrogens with one attached hydrogen (secondary N) is 1. The van der Waals surface area contributed by atoms with E-state index < -0.39 is 12.5 Å². The minimum atomic E-state index is -2.74. The Balaban J connectivity index is 1.41. The van der Waals surface area contributed by atoms with Crippen LogP contribution < -0.4 is 10.1 Å². The lowest BCUT2D eigenvalue weighted by Gasteiger charge is -2.19. The molecule has 30 heavy (non-hydrogen) atoms. The van der Waals surface area contributed by atoms with Crippen molar-refractivity contribution in [1.82, 2.24) is 24.6 Å². The van der Waals surface area contributed by atoms with E-state index in [4.69, 9.17) is 4.74 Å². The first-order valence-corrected chi connectivity index (χ1v) is 10.1. The predicted octanol–water partition coefficient (Wildman–Crippen LogP) is 3.42. The molecule has 3 aromatic rings. The number of anilines is 1. The molecule has 12 heteroatoms. The van der Waals surface area contributed by atoms with E-state index in [2.05, 4.69) is 25.3 Å². The number of ether oxygens (including phenoxy) is 1. The van der Waals surface area contributed by atoms with Gasteiger partial charge in [0.15, 0.2) is 5.13 Å². The van der Waals surface area contributed by atoms with Crippen molar-refractivity contribution in [2.45, 2.75) is 45.5 Å². The average molecular weight is 440 g/mol. The maximum absolute atomic E-state index is 14.1. The first-order valence-electron chi connectivity index (χ1n) is 9.26. The van der Waals surface area contributed by atoms with Crippen molar-refractivity contribution >= 4 is 33.4 Å². The predicted molar refractivity (Wildman–Crippen MR) is 104 cm³/mol. The average Bonchev–Trinajstić information content (AvgIpc) is 3.32. The molecule has 1 amide bonds. The van der Waals surface area contributed by atoms with E-state index in [0.717, 1.165) is 11.3 Å². The summed E-state index contributed by atoms with van der Waals surface area (Å²) < 4.78 is 46.5. The highest BCUT2D eigenvalue weighted by atomic mass is 32.1. The van der Waals surface area contributed by atoms with Gasteiger partial charge in [0.1, 0.15) is 11.6 Å². The van der Waals surface area contributed by atoms with Crippen LogP contribution in [0.3, 0.4) is 0 Å². The molecule has 0 bridgehead atoms. The van der Waals surface area contributed by atoms with Crippen LogP contribution in [0.4, 0.5) is 18.3 Å². The zero-order valence-electron chi connectivity index (χ0n) is 16.2. The van der Waals surface area contributed by atoms with Gasteiger partial charge in [-0.15, -0.1) is 0 Å². The van der Waals surface area contributed by atoms with Gasteiger partial charge >= 0.3 is 6.55 Å². The summed E-state index contributed by atoms with van der Waals surface area (Å²) in [5.41, 5.74) is 0.558. The fourth-order valence-electron chi connectivity index (χ4n) is 3.48. The fourth-order valence-corrected chi connectivity index (χ4v) is 4.39. The van der Waals surface area contributed by atoms with Crippen LogP contribution in [-0.4, -0.2) is 49.2 Å². The molecule has 0 aromatic carbocycles. The normalized spacial score (nSPS) is 19.7. The molecule has 160 valence electrons. The van der Waals surface area contributed by atoms with Gasteiger partial charge in [-0.3, -0.25) is 9.69 Å². The van der Waals surface area contributed by atoms with Crippen molar-refractivity contribution in [1.29, 1.82) is 0 Å². The summed E-state index contributed by atoms with van der Waals surface area (Å²) in [6.45, 7) is 1.51. The molecular formula is C18H19F3N6O2S. The highest BCUT2D eigenvalue weighted by Gasteiger charge is 2.32. The molecule has 0 spiro atoms. The number of aromatic nitrogens is 4. The van der Waals surface area contributed by atoms with Crippen molar-refractivity contribution in [2.75, 3.05) is 11.9 Å². The van der Waals surface area contributed by atoms with Crippen LogP contribution in [0, 0.1) is 5.95 Å². The van der Waals surface area contributed by atoms with E-state index in [1.165, 1.54) is 19.2 Å². The molecule has 0 radical (unpaired) electrons. The number of likely N-dealkylation sites (tertiary alicyclic amines) is 1. The number of halogens is 3. The Kier molecular flexibility index (Phi) is 5.60. The van der Waals surface area contributed by atoms with Crippen molar-refractivity contribution in [2.24, 2.45) is 0 Å². The summed E-state index contributed by atoms with van der Waals surface area (Å²) in [5, 5.41) is 6.36. The quantitative estimate of drug-likeness (QED) is 0.632. The van der Waals surface area contributed by atoms with Gasteiger partial charge in [0.05, 0.1) is 16.6 Å². The highest BCUT2D eigenvalue weighted by Crippen LogP contribution is 2.29. The summed E-state index contributed by atoms with van der Waals surface area (Å²) in [6.07, 6.45) is 1.80. The zero-order valence-corrected chi connectivity index (χ0v) is 17.0. The lowest BCUT2D eigenvalue weighted by atomic mass is 10.2. The number of pyridine rings is 1. The standard InChI is InChI=1S/C18H19F3N6O2S/c1-9-5-11(7-26(9)8-14-16(19)25-18(30-14)23-10(2)28)29-15-4-3-13-12(24-15)6-22-27(13)17(20)21/h3-4,6,9,11,17H,5,7-8H2,1-2H3,(H,23,25,28)/t9-,11+/m0/s1. The molecule has 1 aliphatic rings. The van der Waals surface area contributed by atoms with Crippen molar-refractivity contribution < 1.29 is 22.7 Å². The van der Waals surface area contributed by atoms with Gasteiger partial charge in [-0.05, 0) is 13.0 Å². The molecule has 1 aliphatic heterocycles. The van der Waals surface area contributed by atoms with E-state index in [1.807, 2.05) is 6.92 Å². The smallest absolute Gasteiger partial charge is 0.333 e. The number of rotatable bonds is 6. The van der Waals surface area contributed by atoms with Crippen LogP contribution in [0.2, 0.25) is 0 Å². The van der Waals surface area contributed by atoms with Crippen molar-refractivity contribution in [3.63, 3.8) is 0 Å². The molecule has 1 N–H and O–H groups in total. The second-order valence-electron chi connectivity index (χ2n) is 7.09. The molecule has 1 fully saturated rings. The van der Waals surface area contributed by atoms with Gasteiger partial charge in [0, 0.05) is 38.5 Å². The number of hydrogen-bond donors (Lipinski definition) is 1. The molecule has 0 saturated carbocycles. The molecule has 2 atom stereocenters. The number of thiazole rings is 1.